The Balaban J connectivity index is 1.78. The van der Waals surface area contributed by atoms with Crippen LogP contribution in [0.3, 0.4) is 0 Å². The summed E-state index contributed by atoms with van der Waals surface area (Å²) in [5, 5.41) is 5.22. The van der Waals surface area contributed by atoms with Crippen molar-refractivity contribution in [2.24, 2.45) is 0 Å². The van der Waals surface area contributed by atoms with E-state index in [1.165, 1.54) is 11.3 Å². The van der Waals surface area contributed by atoms with Crippen molar-refractivity contribution in [2.75, 3.05) is 4.90 Å². The number of anilines is 1. The van der Waals surface area contributed by atoms with Crippen molar-refractivity contribution in [3.05, 3.63) is 71.3 Å². The van der Waals surface area contributed by atoms with Crippen LogP contribution in [0, 0.1) is 13.8 Å². The monoisotopic (exact) mass is 405 g/mol. The average molecular weight is 406 g/mol. The number of rotatable bonds is 5. The van der Waals surface area contributed by atoms with Gasteiger partial charge in [-0.3, -0.25) is 19.4 Å². The molecule has 0 fully saturated rings. The van der Waals surface area contributed by atoms with Gasteiger partial charge in [-0.25, -0.2) is 4.98 Å². The smallest absolute Gasteiger partial charge is 0.278 e. The molecule has 7 heteroatoms. The summed E-state index contributed by atoms with van der Waals surface area (Å²) in [6.45, 7) is 8.50. The Bertz CT molecular complexity index is 1160. The third-order valence-corrected chi connectivity index (χ3v) is 5.82. The van der Waals surface area contributed by atoms with Crippen molar-refractivity contribution < 1.29 is 4.79 Å². The molecule has 0 saturated carbocycles. The number of para-hydroxylation sites is 1. The van der Waals surface area contributed by atoms with E-state index < -0.39 is 0 Å². The largest absolute Gasteiger partial charge is 0.280 e. The van der Waals surface area contributed by atoms with E-state index in [9.17, 15) is 4.79 Å². The topological polar surface area (TPSA) is 63.9 Å². The van der Waals surface area contributed by atoms with Crippen LogP contribution in [0.2, 0.25) is 0 Å². The van der Waals surface area contributed by atoms with Gasteiger partial charge in [-0.1, -0.05) is 29.5 Å². The molecule has 0 atom stereocenters. The predicted octanol–water partition coefficient (Wildman–Crippen LogP) is 4.93. The fourth-order valence-electron chi connectivity index (χ4n) is 3.34. The molecule has 0 bridgehead atoms. The highest BCUT2D eigenvalue weighted by atomic mass is 32.1. The van der Waals surface area contributed by atoms with E-state index >= 15 is 0 Å². The number of aromatic nitrogens is 4. The minimum atomic E-state index is -0.159. The van der Waals surface area contributed by atoms with Gasteiger partial charge < -0.3 is 0 Å². The average Bonchev–Trinajstić information content (AvgIpc) is 3.31. The maximum atomic E-state index is 13.5. The normalized spacial score (nSPS) is 11.3. The molecular formula is C22H23N5OS. The molecule has 0 radical (unpaired) electrons. The first-order chi connectivity index (χ1) is 13.9. The maximum absolute atomic E-state index is 13.5. The molecule has 148 valence electrons. The lowest BCUT2D eigenvalue weighted by molar-refractivity contribution is 0.0979. The van der Waals surface area contributed by atoms with E-state index in [-0.39, 0.29) is 11.9 Å². The molecule has 1 aromatic carbocycles. The van der Waals surface area contributed by atoms with Gasteiger partial charge in [0, 0.05) is 24.1 Å². The Morgan fingerprint density at radius 3 is 2.69 bits per heavy atom. The molecule has 1 amide bonds. The van der Waals surface area contributed by atoms with Crippen molar-refractivity contribution in [1.29, 1.82) is 0 Å². The van der Waals surface area contributed by atoms with Crippen LogP contribution in [0.1, 0.15) is 47.2 Å². The van der Waals surface area contributed by atoms with Gasteiger partial charge >= 0.3 is 0 Å². The number of thiazole rings is 1. The summed E-state index contributed by atoms with van der Waals surface area (Å²) in [4.78, 5) is 24.2. The van der Waals surface area contributed by atoms with Crippen LogP contribution in [-0.4, -0.2) is 25.7 Å². The van der Waals surface area contributed by atoms with Crippen molar-refractivity contribution in [3.8, 4) is 0 Å². The first-order valence-electron chi connectivity index (χ1n) is 9.57. The SMILES string of the molecule is Cc1cccc2sc(N(Cc3cccnc3)C(=O)c3cc(C)n(C(C)C)n3)nc12. The number of benzene rings is 1. The van der Waals surface area contributed by atoms with Gasteiger partial charge in [-0.15, -0.1) is 0 Å². The lowest BCUT2D eigenvalue weighted by Gasteiger charge is -2.18. The minimum Gasteiger partial charge on any atom is -0.278 e. The van der Waals surface area contributed by atoms with Crippen LogP contribution in [0.15, 0.2) is 48.8 Å². The minimum absolute atomic E-state index is 0.159. The fraction of sp³-hybridized carbons (Fsp3) is 0.273. The van der Waals surface area contributed by atoms with Gasteiger partial charge in [0.05, 0.1) is 16.8 Å². The molecule has 3 heterocycles. The number of fused-ring (bicyclic) bond motifs is 1. The molecule has 0 aliphatic heterocycles. The fourth-order valence-corrected chi connectivity index (χ4v) is 4.38. The summed E-state index contributed by atoms with van der Waals surface area (Å²) in [6.07, 6.45) is 3.50. The molecule has 0 spiro atoms. The van der Waals surface area contributed by atoms with E-state index in [1.807, 2.05) is 54.9 Å². The molecule has 29 heavy (non-hydrogen) atoms. The van der Waals surface area contributed by atoms with E-state index in [4.69, 9.17) is 4.98 Å². The number of carbonyl (C=O) groups is 1. The molecule has 4 aromatic rings. The Hall–Kier alpha value is -3.06. The number of hydrogen-bond acceptors (Lipinski definition) is 5. The zero-order valence-corrected chi connectivity index (χ0v) is 17.8. The number of hydrogen-bond donors (Lipinski definition) is 0. The first-order valence-corrected chi connectivity index (χ1v) is 10.4. The summed E-state index contributed by atoms with van der Waals surface area (Å²) in [6, 6.07) is 12.0. The Morgan fingerprint density at radius 2 is 2.03 bits per heavy atom. The molecule has 4 rings (SSSR count). The van der Waals surface area contributed by atoms with Gasteiger partial charge in [-0.05, 0) is 57.0 Å². The summed E-state index contributed by atoms with van der Waals surface area (Å²) >= 11 is 1.52. The van der Waals surface area contributed by atoms with E-state index in [2.05, 4.69) is 23.9 Å². The van der Waals surface area contributed by atoms with Crippen molar-refractivity contribution >= 4 is 32.6 Å². The summed E-state index contributed by atoms with van der Waals surface area (Å²) in [5.41, 5.74) is 4.36. The van der Waals surface area contributed by atoms with Crippen LogP contribution >= 0.6 is 11.3 Å². The van der Waals surface area contributed by atoms with E-state index in [0.29, 0.717) is 17.4 Å². The van der Waals surface area contributed by atoms with Crippen LogP contribution < -0.4 is 4.90 Å². The van der Waals surface area contributed by atoms with Crippen molar-refractivity contribution in [2.45, 2.75) is 40.3 Å². The maximum Gasteiger partial charge on any atom is 0.280 e. The zero-order valence-electron chi connectivity index (χ0n) is 17.0. The number of carbonyl (C=O) groups excluding carboxylic acids is 1. The molecule has 0 aliphatic carbocycles. The Kier molecular flexibility index (Phi) is 5.15. The predicted molar refractivity (Wildman–Crippen MR) is 116 cm³/mol. The molecule has 0 aliphatic rings. The molecule has 6 nitrogen and oxygen atoms in total. The van der Waals surface area contributed by atoms with Gasteiger partial charge in [0.15, 0.2) is 10.8 Å². The molecule has 0 N–H and O–H groups in total. The number of aryl methyl sites for hydroxylation is 2. The second-order valence-electron chi connectivity index (χ2n) is 7.38. The lowest BCUT2D eigenvalue weighted by Crippen LogP contribution is -2.31. The van der Waals surface area contributed by atoms with Crippen molar-refractivity contribution in [1.82, 2.24) is 19.7 Å². The van der Waals surface area contributed by atoms with Gasteiger partial charge in [-0.2, -0.15) is 5.10 Å². The van der Waals surface area contributed by atoms with Crippen LogP contribution in [0.4, 0.5) is 5.13 Å². The number of pyridine rings is 1. The third kappa shape index (κ3) is 3.78. The molecular weight excluding hydrogens is 382 g/mol. The van der Waals surface area contributed by atoms with Gasteiger partial charge in [0.25, 0.3) is 5.91 Å². The second kappa shape index (κ2) is 7.75. The second-order valence-corrected chi connectivity index (χ2v) is 8.39. The van der Waals surface area contributed by atoms with E-state index in [0.717, 1.165) is 27.0 Å². The lowest BCUT2D eigenvalue weighted by atomic mass is 10.2. The Morgan fingerprint density at radius 1 is 1.21 bits per heavy atom. The van der Waals surface area contributed by atoms with Crippen molar-refractivity contribution in [3.63, 3.8) is 0 Å². The number of nitrogens with zero attached hydrogens (tertiary/aromatic N) is 5. The zero-order chi connectivity index (χ0) is 20.5. The number of amides is 1. The van der Waals surface area contributed by atoms with Crippen LogP contribution in [-0.2, 0) is 6.54 Å². The molecule has 0 saturated heterocycles. The van der Waals surface area contributed by atoms with Gasteiger partial charge in [0.2, 0.25) is 0 Å². The van der Waals surface area contributed by atoms with E-state index in [1.54, 1.807) is 17.3 Å². The quantitative estimate of drug-likeness (QED) is 0.472. The molecule has 0 unspecified atom stereocenters. The summed E-state index contributed by atoms with van der Waals surface area (Å²) < 4.78 is 2.94. The van der Waals surface area contributed by atoms with Gasteiger partial charge in [0.1, 0.15) is 0 Å². The van der Waals surface area contributed by atoms with Crippen LogP contribution in [0.25, 0.3) is 10.2 Å². The molecule has 3 aromatic heterocycles. The highest BCUT2D eigenvalue weighted by Crippen LogP contribution is 2.32. The highest BCUT2D eigenvalue weighted by molar-refractivity contribution is 7.22. The third-order valence-electron chi connectivity index (χ3n) is 4.78. The summed E-state index contributed by atoms with van der Waals surface area (Å²) in [7, 11) is 0. The summed E-state index contributed by atoms with van der Waals surface area (Å²) in [5.74, 6) is -0.159. The Labute approximate surface area is 173 Å². The standard InChI is InChI=1S/C22H23N5OS/c1-14(2)27-16(4)11-18(25-27)21(28)26(13-17-8-6-10-23-12-17)22-24-20-15(3)7-5-9-19(20)29-22/h5-12,14H,13H2,1-4H3. The first kappa shape index (κ1) is 19.3. The highest BCUT2D eigenvalue weighted by Gasteiger charge is 2.25. The van der Waals surface area contributed by atoms with Crippen LogP contribution in [0.5, 0.6) is 0 Å².